The zero-order valence-corrected chi connectivity index (χ0v) is 12.0. The van der Waals surface area contributed by atoms with Crippen molar-refractivity contribution >= 4 is 17.5 Å². The fourth-order valence-corrected chi connectivity index (χ4v) is 1.96. The summed E-state index contributed by atoms with van der Waals surface area (Å²) in [5.41, 5.74) is 1.47. The Morgan fingerprint density at radius 1 is 1.47 bits per heavy atom. The number of benzene rings is 1. The number of carbonyl (C=O) groups is 1. The van der Waals surface area contributed by atoms with Crippen LogP contribution in [0.4, 0.5) is 0 Å². The molecule has 0 saturated carbocycles. The van der Waals surface area contributed by atoms with Crippen molar-refractivity contribution in [2.75, 3.05) is 19.6 Å². The van der Waals surface area contributed by atoms with E-state index in [9.17, 15) is 4.79 Å². The number of likely N-dealkylation sites (N-methyl/N-ethyl adjacent to an activating group) is 2. The van der Waals surface area contributed by atoms with Crippen LogP contribution in [-0.4, -0.2) is 30.4 Å². The van der Waals surface area contributed by atoms with E-state index < -0.39 is 0 Å². The molecule has 0 bridgehead atoms. The average Bonchev–Trinajstić information content (AvgIpc) is 2.40. The quantitative estimate of drug-likeness (QED) is 0.868. The lowest BCUT2D eigenvalue weighted by Crippen LogP contribution is -2.36. The molecule has 1 aromatic carbocycles. The summed E-state index contributed by atoms with van der Waals surface area (Å²) < 4.78 is 0. The van der Waals surface area contributed by atoms with Gasteiger partial charge in [0.15, 0.2) is 0 Å². The van der Waals surface area contributed by atoms with Gasteiger partial charge in [0.05, 0.1) is 18.2 Å². The number of rotatable bonds is 6. The van der Waals surface area contributed by atoms with Gasteiger partial charge in [0, 0.05) is 18.1 Å². The van der Waals surface area contributed by atoms with Crippen molar-refractivity contribution in [3.63, 3.8) is 0 Å². The van der Waals surface area contributed by atoms with Gasteiger partial charge in [0.2, 0.25) is 5.91 Å². The van der Waals surface area contributed by atoms with Crippen molar-refractivity contribution in [2.45, 2.75) is 20.4 Å². The fourth-order valence-electron chi connectivity index (χ4n) is 1.72. The van der Waals surface area contributed by atoms with E-state index in [1.54, 1.807) is 12.1 Å². The Morgan fingerprint density at radius 3 is 2.74 bits per heavy atom. The summed E-state index contributed by atoms with van der Waals surface area (Å²) in [6, 6.07) is 7.27. The predicted molar refractivity (Wildman–Crippen MR) is 75.8 cm³/mol. The summed E-state index contributed by atoms with van der Waals surface area (Å²) in [5.74, 6) is 0.00844. The number of nitrogens with zero attached hydrogens (tertiary/aromatic N) is 2. The van der Waals surface area contributed by atoms with Crippen LogP contribution in [0, 0.1) is 11.3 Å². The highest BCUT2D eigenvalue weighted by molar-refractivity contribution is 6.31. The minimum atomic E-state index is 0.00844. The second-order valence-electron chi connectivity index (χ2n) is 4.17. The van der Waals surface area contributed by atoms with Crippen molar-refractivity contribution in [3.8, 4) is 6.07 Å². The second kappa shape index (κ2) is 7.78. The molecule has 0 spiro atoms. The average molecular weight is 280 g/mol. The maximum atomic E-state index is 11.6. The Morgan fingerprint density at radius 2 is 2.21 bits per heavy atom. The van der Waals surface area contributed by atoms with Gasteiger partial charge in [-0.15, -0.1) is 0 Å². The van der Waals surface area contributed by atoms with Crippen molar-refractivity contribution < 1.29 is 4.79 Å². The standard InChI is InChI=1S/C14H18ClN3O/c1-3-17-14(19)10-18(4-2)9-12-6-5-11(8-16)7-13(12)15/h5-7H,3-4,9-10H2,1-2H3,(H,17,19). The third kappa shape index (κ3) is 4.90. The summed E-state index contributed by atoms with van der Waals surface area (Å²) in [4.78, 5) is 13.6. The summed E-state index contributed by atoms with van der Waals surface area (Å²) >= 11 is 6.13. The van der Waals surface area contributed by atoms with Crippen LogP contribution in [0.2, 0.25) is 5.02 Å². The molecule has 1 rings (SSSR count). The molecule has 0 atom stereocenters. The predicted octanol–water partition coefficient (Wildman–Crippen LogP) is 2.17. The first kappa shape index (κ1) is 15.5. The molecular weight excluding hydrogens is 262 g/mol. The molecule has 0 fully saturated rings. The molecule has 0 unspecified atom stereocenters. The van der Waals surface area contributed by atoms with Gasteiger partial charge in [-0.2, -0.15) is 5.26 Å². The minimum Gasteiger partial charge on any atom is -0.355 e. The maximum absolute atomic E-state index is 11.6. The number of nitrogens with one attached hydrogen (secondary N) is 1. The largest absolute Gasteiger partial charge is 0.355 e. The van der Waals surface area contributed by atoms with Gasteiger partial charge in [-0.3, -0.25) is 9.69 Å². The molecule has 1 N–H and O–H groups in total. The van der Waals surface area contributed by atoms with Gasteiger partial charge >= 0.3 is 0 Å². The zero-order chi connectivity index (χ0) is 14.3. The number of nitriles is 1. The van der Waals surface area contributed by atoms with Crippen LogP contribution in [0.1, 0.15) is 25.0 Å². The lowest BCUT2D eigenvalue weighted by atomic mass is 10.1. The molecule has 0 aliphatic heterocycles. The monoisotopic (exact) mass is 279 g/mol. The van der Waals surface area contributed by atoms with Crippen molar-refractivity contribution in [1.29, 1.82) is 5.26 Å². The van der Waals surface area contributed by atoms with E-state index in [1.807, 2.05) is 30.9 Å². The fraction of sp³-hybridized carbons (Fsp3) is 0.429. The van der Waals surface area contributed by atoms with Gasteiger partial charge in [-0.25, -0.2) is 0 Å². The highest BCUT2D eigenvalue weighted by Gasteiger charge is 2.11. The molecule has 4 nitrogen and oxygen atoms in total. The van der Waals surface area contributed by atoms with Gasteiger partial charge in [-0.1, -0.05) is 24.6 Å². The maximum Gasteiger partial charge on any atom is 0.234 e. The van der Waals surface area contributed by atoms with Crippen LogP contribution in [0.25, 0.3) is 0 Å². The number of hydrogen-bond donors (Lipinski definition) is 1. The van der Waals surface area contributed by atoms with Gasteiger partial charge in [-0.05, 0) is 31.2 Å². The van der Waals surface area contributed by atoms with E-state index in [4.69, 9.17) is 16.9 Å². The summed E-state index contributed by atoms with van der Waals surface area (Å²) in [7, 11) is 0. The topological polar surface area (TPSA) is 56.1 Å². The number of amides is 1. The molecule has 0 saturated heterocycles. The number of hydrogen-bond acceptors (Lipinski definition) is 3. The Hall–Kier alpha value is -1.57. The van der Waals surface area contributed by atoms with E-state index in [0.29, 0.717) is 30.2 Å². The smallest absolute Gasteiger partial charge is 0.234 e. The number of carbonyl (C=O) groups excluding carboxylic acids is 1. The molecule has 0 aliphatic carbocycles. The molecule has 0 radical (unpaired) electrons. The highest BCUT2D eigenvalue weighted by atomic mass is 35.5. The van der Waals surface area contributed by atoms with E-state index >= 15 is 0 Å². The van der Waals surface area contributed by atoms with Gasteiger partial charge in [0.25, 0.3) is 0 Å². The van der Waals surface area contributed by atoms with Crippen LogP contribution < -0.4 is 5.32 Å². The van der Waals surface area contributed by atoms with Crippen LogP contribution >= 0.6 is 11.6 Å². The molecule has 0 aromatic heterocycles. The normalized spacial score (nSPS) is 10.3. The van der Waals surface area contributed by atoms with Gasteiger partial charge in [0.1, 0.15) is 0 Å². The Balaban J connectivity index is 2.71. The Kier molecular flexibility index (Phi) is 6.34. The lowest BCUT2D eigenvalue weighted by molar-refractivity contribution is -0.122. The first-order valence-corrected chi connectivity index (χ1v) is 6.66. The zero-order valence-electron chi connectivity index (χ0n) is 11.2. The Bertz CT molecular complexity index is 482. The summed E-state index contributed by atoms with van der Waals surface area (Å²) in [5, 5.41) is 12.1. The second-order valence-corrected chi connectivity index (χ2v) is 4.58. The van der Waals surface area contributed by atoms with E-state index in [-0.39, 0.29) is 5.91 Å². The molecule has 0 aliphatic rings. The lowest BCUT2D eigenvalue weighted by Gasteiger charge is -2.20. The third-order valence-corrected chi connectivity index (χ3v) is 3.12. The van der Waals surface area contributed by atoms with Crippen molar-refractivity contribution in [1.82, 2.24) is 10.2 Å². The molecular formula is C14H18ClN3O. The SMILES string of the molecule is CCNC(=O)CN(CC)Cc1ccc(C#N)cc1Cl. The first-order valence-electron chi connectivity index (χ1n) is 6.28. The molecule has 1 amide bonds. The van der Waals surface area contributed by atoms with Crippen LogP contribution in [0.3, 0.4) is 0 Å². The van der Waals surface area contributed by atoms with Crippen molar-refractivity contribution in [3.05, 3.63) is 34.3 Å². The van der Waals surface area contributed by atoms with Gasteiger partial charge < -0.3 is 5.32 Å². The van der Waals surface area contributed by atoms with Crippen LogP contribution in [0.5, 0.6) is 0 Å². The molecule has 19 heavy (non-hydrogen) atoms. The molecule has 1 aromatic rings. The van der Waals surface area contributed by atoms with Crippen molar-refractivity contribution in [2.24, 2.45) is 0 Å². The molecule has 102 valence electrons. The molecule has 0 heterocycles. The minimum absolute atomic E-state index is 0.00844. The summed E-state index contributed by atoms with van der Waals surface area (Å²) in [6.07, 6.45) is 0. The first-order chi connectivity index (χ1) is 9.10. The molecule has 5 heteroatoms. The van der Waals surface area contributed by atoms with E-state index in [1.165, 1.54) is 0 Å². The summed E-state index contributed by atoms with van der Waals surface area (Å²) in [6.45, 7) is 6.22. The highest BCUT2D eigenvalue weighted by Crippen LogP contribution is 2.19. The third-order valence-electron chi connectivity index (χ3n) is 2.76. The Labute approximate surface area is 119 Å². The van der Waals surface area contributed by atoms with Crippen LogP contribution in [-0.2, 0) is 11.3 Å². The number of halogens is 1. The van der Waals surface area contributed by atoms with E-state index in [0.717, 1.165) is 12.1 Å². The van der Waals surface area contributed by atoms with E-state index in [2.05, 4.69) is 5.32 Å². The van der Waals surface area contributed by atoms with Crippen LogP contribution in [0.15, 0.2) is 18.2 Å².